The minimum Gasteiger partial charge on any atom is -0.494 e. The first-order valence-electron chi connectivity index (χ1n) is 8.79. The molecule has 0 bridgehead atoms. The van der Waals surface area contributed by atoms with E-state index in [-0.39, 0.29) is 24.1 Å². The number of hydrogen-bond donors (Lipinski definition) is 1. The molecule has 6 nitrogen and oxygen atoms in total. The first-order chi connectivity index (χ1) is 13.2. The normalized spacial score (nSPS) is 14.2. The molecule has 1 N–H and O–H groups in total. The van der Waals surface area contributed by atoms with Crippen molar-refractivity contribution in [3.8, 4) is 5.75 Å². The van der Waals surface area contributed by atoms with Crippen LogP contribution in [0.2, 0.25) is 0 Å². The summed E-state index contributed by atoms with van der Waals surface area (Å²) in [4.78, 5) is 27.7. The average Bonchev–Trinajstić information content (AvgIpc) is 3.27. The van der Waals surface area contributed by atoms with Crippen molar-refractivity contribution < 1.29 is 19.1 Å². The Labute approximate surface area is 162 Å². The predicted octanol–water partition coefficient (Wildman–Crippen LogP) is 3.38. The van der Waals surface area contributed by atoms with Gasteiger partial charge in [-0.2, -0.15) is 0 Å². The number of carbonyl (C=O) groups excluding carboxylic acids is 2. The standard InChI is InChI=1S/C20H22N2O4S/c1-3-10-26-15-7-4-6-14(13-15)21-18-17(16-8-5-12-27-16)19(23)22(20(18)24)9-11-25-2/h4-8,12-13,21H,3,9-11H2,1-2H3. The van der Waals surface area contributed by atoms with Gasteiger partial charge in [-0.3, -0.25) is 14.5 Å². The lowest BCUT2D eigenvalue weighted by atomic mass is 10.2. The minimum atomic E-state index is -0.347. The molecule has 1 aliphatic heterocycles. The summed E-state index contributed by atoms with van der Waals surface area (Å²) in [7, 11) is 1.54. The van der Waals surface area contributed by atoms with Gasteiger partial charge in [0.2, 0.25) is 0 Å². The predicted molar refractivity (Wildman–Crippen MR) is 106 cm³/mol. The molecule has 2 heterocycles. The van der Waals surface area contributed by atoms with Crippen LogP contribution in [0.25, 0.3) is 5.57 Å². The molecule has 0 saturated heterocycles. The van der Waals surface area contributed by atoms with Crippen molar-refractivity contribution in [2.24, 2.45) is 0 Å². The molecule has 142 valence electrons. The Kier molecular flexibility index (Phi) is 6.26. The van der Waals surface area contributed by atoms with Gasteiger partial charge in [0.1, 0.15) is 11.4 Å². The number of anilines is 1. The topological polar surface area (TPSA) is 67.9 Å². The van der Waals surface area contributed by atoms with Crippen molar-refractivity contribution in [3.63, 3.8) is 0 Å². The minimum absolute atomic E-state index is 0.216. The largest absolute Gasteiger partial charge is 0.494 e. The number of thiophene rings is 1. The number of nitrogens with one attached hydrogen (secondary N) is 1. The summed E-state index contributed by atoms with van der Waals surface area (Å²) in [6, 6.07) is 11.1. The highest BCUT2D eigenvalue weighted by atomic mass is 32.1. The van der Waals surface area contributed by atoms with E-state index in [1.807, 2.05) is 48.7 Å². The number of imide groups is 1. The Hall–Kier alpha value is -2.64. The van der Waals surface area contributed by atoms with E-state index in [1.165, 1.54) is 16.2 Å². The monoisotopic (exact) mass is 386 g/mol. The van der Waals surface area contributed by atoms with Gasteiger partial charge in [0.05, 0.1) is 25.3 Å². The van der Waals surface area contributed by atoms with E-state index in [2.05, 4.69) is 5.32 Å². The lowest BCUT2D eigenvalue weighted by Gasteiger charge is -2.14. The highest BCUT2D eigenvalue weighted by Gasteiger charge is 2.39. The van der Waals surface area contributed by atoms with Crippen LogP contribution in [0, 0.1) is 0 Å². The molecule has 2 aromatic rings. The molecule has 0 aliphatic carbocycles. The summed E-state index contributed by atoms with van der Waals surface area (Å²) in [5, 5.41) is 5.02. The molecule has 0 saturated carbocycles. The summed E-state index contributed by atoms with van der Waals surface area (Å²) in [5.41, 5.74) is 1.37. The van der Waals surface area contributed by atoms with Crippen molar-refractivity contribution in [2.45, 2.75) is 13.3 Å². The first kappa shape index (κ1) is 19.1. The van der Waals surface area contributed by atoms with Crippen LogP contribution in [-0.2, 0) is 14.3 Å². The van der Waals surface area contributed by atoms with Gasteiger partial charge >= 0.3 is 0 Å². The van der Waals surface area contributed by atoms with Crippen LogP contribution in [0.5, 0.6) is 5.75 Å². The van der Waals surface area contributed by atoms with Crippen molar-refractivity contribution in [1.29, 1.82) is 0 Å². The fourth-order valence-corrected chi connectivity index (χ4v) is 3.52. The molecule has 0 radical (unpaired) electrons. The summed E-state index contributed by atoms with van der Waals surface area (Å²) < 4.78 is 10.7. The molecule has 0 fully saturated rings. The maximum absolute atomic E-state index is 12.9. The van der Waals surface area contributed by atoms with Gasteiger partial charge in [-0.15, -0.1) is 11.3 Å². The van der Waals surface area contributed by atoms with Crippen LogP contribution in [0.3, 0.4) is 0 Å². The number of methoxy groups -OCH3 is 1. The number of rotatable bonds is 9. The molecule has 7 heteroatoms. The first-order valence-corrected chi connectivity index (χ1v) is 9.66. The van der Waals surface area contributed by atoms with Gasteiger partial charge in [0, 0.05) is 23.7 Å². The smallest absolute Gasteiger partial charge is 0.278 e. The van der Waals surface area contributed by atoms with E-state index in [9.17, 15) is 9.59 Å². The number of amides is 2. The molecular weight excluding hydrogens is 364 g/mol. The number of carbonyl (C=O) groups is 2. The third-order valence-corrected chi connectivity index (χ3v) is 4.92. The SMILES string of the molecule is CCCOc1cccc(NC2=C(c3cccs3)C(=O)N(CCOC)C2=O)c1. The van der Waals surface area contributed by atoms with Crippen LogP contribution in [0.4, 0.5) is 5.69 Å². The second-order valence-corrected chi connectivity index (χ2v) is 6.93. The zero-order valence-corrected chi connectivity index (χ0v) is 16.2. The summed E-state index contributed by atoms with van der Waals surface area (Å²) in [5.74, 6) is 0.0638. The summed E-state index contributed by atoms with van der Waals surface area (Å²) in [6.07, 6.45) is 0.910. The van der Waals surface area contributed by atoms with E-state index >= 15 is 0 Å². The molecule has 0 atom stereocenters. The van der Waals surface area contributed by atoms with E-state index in [0.717, 1.165) is 11.3 Å². The van der Waals surface area contributed by atoms with Crippen molar-refractivity contribution in [3.05, 3.63) is 52.4 Å². The number of benzene rings is 1. The van der Waals surface area contributed by atoms with Gasteiger partial charge in [-0.25, -0.2) is 0 Å². The van der Waals surface area contributed by atoms with Gasteiger partial charge < -0.3 is 14.8 Å². The lowest BCUT2D eigenvalue weighted by Crippen LogP contribution is -2.35. The van der Waals surface area contributed by atoms with Crippen LogP contribution < -0.4 is 10.1 Å². The van der Waals surface area contributed by atoms with E-state index in [1.54, 1.807) is 7.11 Å². The third kappa shape index (κ3) is 4.20. The maximum atomic E-state index is 12.9. The van der Waals surface area contributed by atoms with E-state index in [4.69, 9.17) is 9.47 Å². The van der Waals surface area contributed by atoms with Crippen LogP contribution in [-0.4, -0.2) is 43.6 Å². The molecular formula is C20H22N2O4S. The Morgan fingerprint density at radius 3 is 2.67 bits per heavy atom. The number of hydrogen-bond acceptors (Lipinski definition) is 6. The Balaban J connectivity index is 1.92. The van der Waals surface area contributed by atoms with Crippen molar-refractivity contribution >= 4 is 34.4 Å². The Morgan fingerprint density at radius 2 is 1.96 bits per heavy atom. The zero-order valence-electron chi connectivity index (χ0n) is 15.4. The molecule has 27 heavy (non-hydrogen) atoms. The summed E-state index contributed by atoms with van der Waals surface area (Å²) in [6.45, 7) is 3.17. The van der Waals surface area contributed by atoms with Crippen LogP contribution in [0.1, 0.15) is 18.2 Å². The Bertz CT molecular complexity index is 845. The average molecular weight is 386 g/mol. The quantitative estimate of drug-likeness (QED) is 0.669. The second-order valence-electron chi connectivity index (χ2n) is 5.98. The van der Waals surface area contributed by atoms with E-state index < -0.39 is 0 Å². The maximum Gasteiger partial charge on any atom is 0.278 e. The fraction of sp³-hybridized carbons (Fsp3) is 0.300. The van der Waals surface area contributed by atoms with Gasteiger partial charge in [-0.1, -0.05) is 19.1 Å². The van der Waals surface area contributed by atoms with Crippen LogP contribution >= 0.6 is 11.3 Å². The molecule has 1 aliphatic rings. The number of nitrogens with zero attached hydrogens (tertiary/aromatic N) is 1. The fourth-order valence-electron chi connectivity index (χ4n) is 2.75. The Morgan fingerprint density at radius 1 is 1.11 bits per heavy atom. The van der Waals surface area contributed by atoms with Crippen LogP contribution in [0.15, 0.2) is 47.5 Å². The zero-order chi connectivity index (χ0) is 19.2. The van der Waals surface area contributed by atoms with Crippen molar-refractivity contribution in [2.75, 3.05) is 32.2 Å². The second kappa shape index (κ2) is 8.83. The highest BCUT2D eigenvalue weighted by Crippen LogP contribution is 2.33. The van der Waals surface area contributed by atoms with Gasteiger partial charge in [-0.05, 0) is 30.0 Å². The van der Waals surface area contributed by atoms with Gasteiger partial charge in [0.15, 0.2) is 0 Å². The van der Waals surface area contributed by atoms with Gasteiger partial charge in [0.25, 0.3) is 11.8 Å². The molecule has 0 spiro atoms. The molecule has 3 rings (SSSR count). The highest BCUT2D eigenvalue weighted by molar-refractivity contribution is 7.11. The molecule has 1 aromatic carbocycles. The summed E-state index contributed by atoms with van der Waals surface area (Å²) >= 11 is 1.43. The van der Waals surface area contributed by atoms with E-state index in [0.29, 0.717) is 30.2 Å². The molecule has 2 amide bonds. The molecule has 0 unspecified atom stereocenters. The lowest BCUT2D eigenvalue weighted by molar-refractivity contribution is -0.137. The van der Waals surface area contributed by atoms with Crippen molar-refractivity contribution in [1.82, 2.24) is 4.90 Å². The third-order valence-electron chi connectivity index (χ3n) is 4.03. The molecule has 1 aromatic heterocycles. The number of ether oxygens (including phenoxy) is 2.